The molecule has 5 aromatic rings. The lowest BCUT2D eigenvalue weighted by atomic mass is 9.94. The first-order valence-electron chi connectivity index (χ1n) is 12.1. The Morgan fingerprint density at radius 3 is 1.14 bits per heavy atom. The molecule has 44 heavy (non-hydrogen) atoms. The SMILES string of the molecule is O=C(Oc1cc(C(F)(F)F)c2ccc3c(C(F)(F)F)cc(OC(=O)c4ccc(F)c(F)c4)cc3c2c1)c1ccc(F)c(F)c1. The van der Waals surface area contributed by atoms with Gasteiger partial charge in [0.25, 0.3) is 0 Å². The second-order valence-corrected chi connectivity index (χ2v) is 9.23. The van der Waals surface area contributed by atoms with Crippen LogP contribution in [0.2, 0.25) is 0 Å². The van der Waals surface area contributed by atoms with Gasteiger partial charge in [0, 0.05) is 0 Å². The molecule has 0 saturated carbocycles. The fraction of sp³-hybridized carbons (Fsp3) is 0.0667. The van der Waals surface area contributed by atoms with Crippen LogP contribution in [-0.2, 0) is 12.4 Å². The Balaban J connectivity index is 1.70. The number of carbonyl (C=O) groups is 2. The van der Waals surface area contributed by atoms with E-state index in [1.807, 2.05) is 0 Å². The number of hydrogen-bond donors (Lipinski definition) is 0. The van der Waals surface area contributed by atoms with Crippen LogP contribution < -0.4 is 9.47 Å². The van der Waals surface area contributed by atoms with Gasteiger partial charge in [-0.3, -0.25) is 0 Å². The molecule has 5 aromatic carbocycles. The molecule has 0 atom stereocenters. The molecule has 0 saturated heterocycles. The van der Waals surface area contributed by atoms with Gasteiger partial charge in [0.1, 0.15) is 11.5 Å². The molecule has 0 aromatic heterocycles. The van der Waals surface area contributed by atoms with E-state index in [0.717, 1.165) is 36.4 Å². The van der Waals surface area contributed by atoms with Crippen molar-refractivity contribution in [1.82, 2.24) is 0 Å². The van der Waals surface area contributed by atoms with Crippen molar-refractivity contribution in [1.29, 1.82) is 0 Å². The van der Waals surface area contributed by atoms with Gasteiger partial charge in [0.15, 0.2) is 23.3 Å². The Kier molecular flexibility index (Phi) is 7.48. The predicted octanol–water partition coefficient (Wildman–Crippen LogP) is 9.03. The Morgan fingerprint density at radius 2 is 0.818 bits per heavy atom. The van der Waals surface area contributed by atoms with Crippen molar-refractivity contribution < 1.29 is 63.0 Å². The summed E-state index contributed by atoms with van der Waals surface area (Å²) < 4.78 is 148. The molecule has 0 aliphatic carbocycles. The normalized spacial score (nSPS) is 12.0. The smallest absolute Gasteiger partial charge is 0.417 e. The van der Waals surface area contributed by atoms with Gasteiger partial charge in [-0.05, 0) is 82.2 Å². The minimum atomic E-state index is -5.13. The van der Waals surface area contributed by atoms with Crippen molar-refractivity contribution in [3.8, 4) is 11.5 Å². The largest absolute Gasteiger partial charge is 0.423 e. The van der Waals surface area contributed by atoms with Gasteiger partial charge in [-0.2, -0.15) is 26.3 Å². The quantitative estimate of drug-likeness (QED) is 0.0865. The Bertz CT molecular complexity index is 1840. The van der Waals surface area contributed by atoms with Crippen molar-refractivity contribution in [3.05, 3.63) is 118 Å². The molecule has 0 aliphatic heterocycles. The Labute approximate surface area is 239 Å². The summed E-state index contributed by atoms with van der Waals surface area (Å²) in [5.74, 6) is -9.99. The molecule has 0 heterocycles. The summed E-state index contributed by atoms with van der Waals surface area (Å²) in [6, 6.07) is 7.55. The van der Waals surface area contributed by atoms with Crippen LogP contribution in [-0.4, -0.2) is 11.9 Å². The van der Waals surface area contributed by atoms with E-state index in [1.54, 1.807) is 0 Å². The first-order valence-corrected chi connectivity index (χ1v) is 12.1. The first-order chi connectivity index (χ1) is 20.5. The molecule has 0 radical (unpaired) electrons. The van der Waals surface area contributed by atoms with Gasteiger partial charge in [0.05, 0.1) is 22.3 Å². The summed E-state index contributed by atoms with van der Waals surface area (Å²) in [5.41, 5.74) is -4.02. The lowest BCUT2D eigenvalue weighted by Crippen LogP contribution is -2.12. The van der Waals surface area contributed by atoms with Crippen LogP contribution in [0.25, 0.3) is 21.5 Å². The van der Waals surface area contributed by atoms with Crippen LogP contribution in [0.1, 0.15) is 31.8 Å². The predicted molar refractivity (Wildman–Crippen MR) is 134 cm³/mol. The summed E-state index contributed by atoms with van der Waals surface area (Å²) in [5, 5.41) is -2.31. The Morgan fingerprint density at radius 1 is 0.455 bits per heavy atom. The van der Waals surface area contributed by atoms with Gasteiger partial charge >= 0.3 is 24.3 Å². The topological polar surface area (TPSA) is 52.6 Å². The van der Waals surface area contributed by atoms with Gasteiger partial charge in [-0.1, -0.05) is 12.1 Å². The average Bonchev–Trinajstić information content (AvgIpc) is 2.94. The molecular weight excluding hydrogens is 614 g/mol. The fourth-order valence-electron chi connectivity index (χ4n) is 4.39. The highest BCUT2D eigenvalue weighted by Crippen LogP contribution is 2.44. The van der Waals surface area contributed by atoms with Crippen molar-refractivity contribution in [3.63, 3.8) is 0 Å². The van der Waals surface area contributed by atoms with Gasteiger partial charge in [0.2, 0.25) is 0 Å². The van der Waals surface area contributed by atoms with Crippen LogP contribution in [0.5, 0.6) is 11.5 Å². The third-order valence-corrected chi connectivity index (χ3v) is 6.36. The number of rotatable bonds is 4. The highest BCUT2D eigenvalue weighted by atomic mass is 19.4. The number of carbonyl (C=O) groups excluding carboxylic acids is 2. The lowest BCUT2D eigenvalue weighted by Gasteiger charge is -2.18. The number of esters is 2. The molecule has 5 rings (SSSR count). The zero-order valence-corrected chi connectivity index (χ0v) is 21.3. The van der Waals surface area contributed by atoms with E-state index in [1.165, 1.54) is 0 Å². The van der Waals surface area contributed by atoms with Crippen LogP contribution in [0.15, 0.2) is 72.8 Å². The van der Waals surface area contributed by atoms with Crippen LogP contribution in [0.3, 0.4) is 0 Å². The average molecular weight is 626 g/mol. The monoisotopic (exact) mass is 626 g/mol. The van der Waals surface area contributed by atoms with Crippen LogP contribution in [0, 0.1) is 23.3 Å². The third-order valence-electron chi connectivity index (χ3n) is 6.36. The van der Waals surface area contributed by atoms with Crippen molar-refractivity contribution in [2.45, 2.75) is 12.4 Å². The number of halogens is 10. The van der Waals surface area contributed by atoms with E-state index in [0.29, 0.717) is 36.4 Å². The lowest BCUT2D eigenvalue weighted by molar-refractivity contribution is -0.137. The molecule has 14 heteroatoms. The third kappa shape index (κ3) is 5.87. The summed E-state index contributed by atoms with van der Waals surface area (Å²) >= 11 is 0. The van der Waals surface area contributed by atoms with E-state index in [2.05, 4.69) is 0 Å². The second-order valence-electron chi connectivity index (χ2n) is 9.23. The maximum Gasteiger partial charge on any atom is 0.417 e. The van der Waals surface area contributed by atoms with Gasteiger partial charge in [-0.15, -0.1) is 0 Å². The summed E-state index contributed by atoms with van der Waals surface area (Å²) in [4.78, 5) is 25.1. The summed E-state index contributed by atoms with van der Waals surface area (Å²) in [6.45, 7) is 0. The fourth-order valence-corrected chi connectivity index (χ4v) is 4.39. The van der Waals surface area contributed by atoms with Crippen molar-refractivity contribution in [2.75, 3.05) is 0 Å². The first kappa shape index (κ1) is 30.3. The maximum absolute atomic E-state index is 14.1. The standard InChI is InChI=1S/C30H12F10O4/c31-23-5-1-13(7-25(23)33)27(41)43-15-9-19-17(21(11-15)29(35,36)37)3-4-18-20(19)10-16(12-22(18)30(38,39)40)44-28(42)14-2-6-24(32)26(34)8-14/h1-12H. The van der Waals surface area contributed by atoms with Crippen LogP contribution >= 0.6 is 0 Å². The number of benzene rings is 5. The number of ether oxygens (including phenoxy) is 2. The Hall–Kier alpha value is -5.14. The summed E-state index contributed by atoms with van der Waals surface area (Å²) in [6.07, 6.45) is -10.3. The molecule has 0 N–H and O–H groups in total. The van der Waals surface area contributed by atoms with Crippen molar-refractivity contribution in [2.24, 2.45) is 0 Å². The maximum atomic E-state index is 14.1. The van der Waals surface area contributed by atoms with E-state index in [4.69, 9.17) is 9.47 Å². The highest BCUT2D eigenvalue weighted by Gasteiger charge is 2.36. The van der Waals surface area contributed by atoms with Gasteiger partial charge < -0.3 is 9.47 Å². The van der Waals surface area contributed by atoms with Crippen LogP contribution in [0.4, 0.5) is 43.9 Å². The molecule has 4 nitrogen and oxygen atoms in total. The zero-order valence-electron chi connectivity index (χ0n) is 21.3. The number of alkyl halides is 6. The zero-order chi connectivity index (χ0) is 32.1. The van der Waals surface area contributed by atoms with Gasteiger partial charge in [-0.25, -0.2) is 27.2 Å². The highest BCUT2D eigenvalue weighted by molar-refractivity contribution is 6.11. The number of hydrogen-bond acceptors (Lipinski definition) is 4. The number of fused-ring (bicyclic) bond motifs is 3. The molecular formula is C30H12F10O4. The van der Waals surface area contributed by atoms with E-state index < -0.39 is 103 Å². The molecule has 0 fully saturated rings. The van der Waals surface area contributed by atoms with Crippen molar-refractivity contribution >= 4 is 33.5 Å². The summed E-state index contributed by atoms with van der Waals surface area (Å²) in [7, 11) is 0. The minimum Gasteiger partial charge on any atom is -0.423 e. The molecule has 0 unspecified atom stereocenters. The molecule has 226 valence electrons. The van der Waals surface area contributed by atoms with E-state index in [9.17, 15) is 53.5 Å². The molecule has 0 spiro atoms. The van der Waals surface area contributed by atoms with E-state index in [-0.39, 0.29) is 0 Å². The minimum absolute atomic E-state index is 0.392. The molecule has 0 aliphatic rings. The molecule has 0 bridgehead atoms. The van der Waals surface area contributed by atoms with E-state index >= 15 is 0 Å². The molecule has 0 amide bonds. The second kappa shape index (κ2) is 10.8.